The molecule has 3 aromatic carbocycles. The van der Waals surface area contributed by atoms with Crippen LogP contribution in [-0.2, 0) is 11.0 Å². The lowest BCUT2D eigenvalue weighted by atomic mass is 9.72. The molecule has 1 saturated heterocycles. The van der Waals surface area contributed by atoms with E-state index < -0.39 is 5.60 Å². The fourth-order valence-corrected chi connectivity index (χ4v) is 5.82. The van der Waals surface area contributed by atoms with Crippen LogP contribution >= 0.6 is 12.4 Å². The Balaban J connectivity index is 0.00000420. The number of benzene rings is 3. The average molecular weight is 549 g/mol. The first-order valence-corrected chi connectivity index (χ1v) is 14.2. The summed E-state index contributed by atoms with van der Waals surface area (Å²) < 4.78 is 0. The molecule has 0 unspecified atom stereocenters. The van der Waals surface area contributed by atoms with Crippen LogP contribution in [-0.4, -0.2) is 40.6 Å². The van der Waals surface area contributed by atoms with Crippen LogP contribution in [0.3, 0.4) is 0 Å². The van der Waals surface area contributed by atoms with Gasteiger partial charge < -0.3 is 15.2 Å². The van der Waals surface area contributed by atoms with E-state index in [0.717, 1.165) is 80.6 Å². The van der Waals surface area contributed by atoms with E-state index in [9.17, 15) is 10.3 Å². The number of halogens is 1. The molecule has 39 heavy (non-hydrogen) atoms. The van der Waals surface area contributed by atoms with E-state index in [0.29, 0.717) is 0 Å². The molecule has 4 rings (SSSR count). The summed E-state index contributed by atoms with van der Waals surface area (Å²) in [6.45, 7) is 9.72. The largest absolute Gasteiger partial charge is 0.411 e. The molecule has 0 aromatic heterocycles. The summed E-state index contributed by atoms with van der Waals surface area (Å²) in [6, 6.07) is 28.8. The molecule has 0 spiro atoms. The molecule has 0 bridgehead atoms. The normalized spacial score (nSPS) is 15.6. The molecule has 1 aliphatic rings. The van der Waals surface area contributed by atoms with Crippen molar-refractivity contribution >= 4 is 18.1 Å². The van der Waals surface area contributed by atoms with Gasteiger partial charge in [-0.2, -0.15) is 0 Å². The third kappa shape index (κ3) is 7.72. The van der Waals surface area contributed by atoms with Gasteiger partial charge >= 0.3 is 0 Å². The Labute approximate surface area is 241 Å². The van der Waals surface area contributed by atoms with Gasteiger partial charge in [-0.25, -0.2) is 0 Å². The van der Waals surface area contributed by atoms with Gasteiger partial charge in [0, 0.05) is 0 Å². The highest BCUT2D eigenvalue weighted by Gasteiger charge is 2.41. The van der Waals surface area contributed by atoms with Gasteiger partial charge in [-0.3, -0.25) is 0 Å². The second kappa shape index (κ2) is 14.1. The van der Waals surface area contributed by atoms with Crippen LogP contribution in [0.5, 0.6) is 0 Å². The van der Waals surface area contributed by atoms with Gasteiger partial charge in [-0.1, -0.05) is 117 Å². The Hall–Kier alpha value is -2.66. The number of rotatable bonds is 10. The van der Waals surface area contributed by atoms with Crippen molar-refractivity contribution in [3.63, 3.8) is 0 Å². The van der Waals surface area contributed by atoms with Crippen LogP contribution in [0.2, 0.25) is 0 Å². The minimum Gasteiger partial charge on any atom is -0.411 e. The number of hydrogen-bond donors (Lipinski definition) is 2. The molecule has 0 saturated carbocycles. The molecule has 210 valence electrons. The van der Waals surface area contributed by atoms with Gasteiger partial charge in [-0.05, 0) is 85.3 Å². The number of aliphatic hydroxyl groups is 1. The Kier molecular flexibility index (Phi) is 11.2. The molecule has 4 nitrogen and oxygen atoms in total. The SMILES string of the molecule is CC(C)(C)c1ccc(C(CCCCCN2CCC(C(O)(c3ccccc3)c3ccccc3)CC2)=NO)cc1.Cl. The topological polar surface area (TPSA) is 56.1 Å². The van der Waals surface area contributed by atoms with Crippen molar-refractivity contribution in [2.45, 2.75) is 70.3 Å². The molecule has 1 fully saturated rings. The molecular weight excluding hydrogens is 504 g/mol. The molecule has 1 aliphatic heterocycles. The predicted molar refractivity (Wildman–Crippen MR) is 164 cm³/mol. The van der Waals surface area contributed by atoms with Crippen molar-refractivity contribution in [2.75, 3.05) is 19.6 Å². The van der Waals surface area contributed by atoms with E-state index in [1.54, 1.807) is 0 Å². The smallest absolute Gasteiger partial charge is 0.117 e. The lowest BCUT2D eigenvalue weighted by Gasteiger charge is -2.42. The summed E-state index contributed by atoms with van der Waals surface area (Å²) in [5.74, 6) is 0.191. The fraction of sp³-hybridized carbons (Fsp3) is 0.441. The van der Waals surface area contributed by atoms with E-state index >= 15 is 0 Å². The number of nitrogens with zero attached hydrogens (tertiary/aromatic N) is 2. The van der Waals surface area contributed by atoms with Gasteiger partial charge in [0.15, 0.2) is 0 Å². The minimum atomic E-state index is -0.959. The number of unbranched alkanes of at least 4 members (excludes halogenated alkanes) is 2. The number of hydrogen-bond acceptors (Lipinski definition) is 4. The van der Waals surface area contributed by atoms with Crippen LogP contribution in [0.1, 0.15) is 81.5 Å². The van der Waals surface area contributed by atoms with Gasteiger partial charge in [0.2, 0.25) is 0 Å². The second-order valence-electron chi connectivity index (χ2n) is 11.8. The first kappa shape index (κ1) is 30.9. The summed E-state index contributed by atoms with van der Waals surface area (Å²) in [7, 11) is 0. The molecule has 3 aromatic rings. The van der Waals surface area contributed by atoms with E-state index in [1.807, 2.05) is 36.4 Å². The lowest BCUT2D eigenvalue weighted by molar-refractivity contribution is -0.0143. The van der Waals surface area contributed by atoms with E-state index in [-0.39, 0.29) is 23.7 Å². The van der Waals surface area contributed by atoms with Crippen molar-refractivity contribution in [1.29, 1.82) is 0 Å². The first-order chi connectivity index (χ1) is 18.3. The molecule has 1 heterocycles. The van der Waals surface area contributed by atoms with E-state index in [4.69, 9.17) is 0 Å². The highest BCUT2D eigenvalue weighted by molar-refractivity contribution is 6.00. The highest BCUT2D eigenvalue weighted by atomic mass is 35.5. The third-order valence-electron chi connectivity index (χ3n) is 8.20. The summed E-state index contributed by atoms with van der Waals surface area (Å²) in [5, 5.41) is 25.3. The van der Waals surface area contributed by atoms with Crippen molar-refractivity contribution < 1.29 is 10.3 Å². The van der Waals surface area contributed by atoms with Crippen LogP contribution in [0.4, 0.5) is 0 Å². The maximum absolute atomic E-state index is 12.1. The van der Waals surface area contributed by atoms with Gasteiger partial charge in [0.25, 0.3) is 0 Å². The Morgan fingerprint density at radius 3 is 1.79 bits per heavy atom. The minimum absolute atomic E-state index is 0. The Morgan fingerprint density at radius 2 is 1.31 bits per heavy atom. The van der Waals surface area contributed by atoms with Gasteiger partial charge in [-0.15, -0.1) is 12.4 Å². The molecule has 0 atom stereocenters. The fourth-order valence-electron chi connectivity index (χ4n) is 5.82. The maximum Gasteiger partial charge on any atom is 0.117 e. The zero-order valence-corrected chi connectivity index (χ0v) is 24.5. The van der Waals surface area contributed by atoms with Crippen molar-refractivity contribution in [2.24, 2.45) is 11.1 Å². The predicted octanol–water partition coefficient (Wildman–Crippen LogP) is 7.79. The Morgan fingerprint density at radius 1 is 0.769 bits per heavy atom. The van der Waals surface area contributed by atoms with E-state index in [1.165, 1.54) is 5.56 Å². The van der Waals surface area contributed by atoms with Crippen molar-refractivity contribution in [3.8, 4) is 0 Å². The Bertz CT molecular complexity index is 1110. The second-order valence-corrected chi connectivity index (χ2v) is 11.8. The van der Waals surface area contributed by atoms with Gasteiger partial charge in [0.05, 0.1) is 5.71 Å². The molecule has 5 heteroatoms. The van der Waals surface area contributed by atoms with Crippen molar-refractivity contribution in [1.82, 2.24) is 4.90 Å². The lowest BCUT2D eigenvalue weighted by Crippen LogP contribution is -2.44. The molecule has 0 radical (unpaired) electrons. The molecule has 0 aliphatic carbocycles. The summed E-state index contributed by atoms with van der Waals surface area (Å²) in [5.41, 5.74) is 4.19. The first-order valence-electron chi connectivity index (χ1n) is 14.2. The third-order valence-corrected chi connectivity index (χ3v) is 8.20. The van der Waals surface area contributed by atoms with E-state index in [2.05, 4.69) is 79.4 Å². The summed E-state index contributed by atoms with van der Waals surface area (Å²) >= 11 is 0. The molecule has 0 amide bonds. The molecule has 2 N–H and O–H groups in total. The van der Waals surface area contributed by atoms with Crippen LogP contribution in [0.25, 0.3) is 0 Å². The standard InChI is InChI=1S/C34H44N2O2.ClH/c1-33(2,3)28-20-18-27(19-21-28)32(35-38)17-11-6-12-24-36-25-22-31(23-26-36)34(37,29-13-7-4-8-14-29)30-15-9-5-10-16-30;/h4-5,7-10,13-16,18-21,31,37-38H,6,11-12,17,22-26H2,1-3H3;1H. The number of piperidine rings is 1. The van der Waals surface area contributed by atoms with Crippen molar-refractivity contribution in [3.05, 3.63) is 107 Å². The number of oxime groups is 1. The quantitative estimate of drug-likeness (QED) is 0.118. The van der Waals surface area contributed by atoms with Crippen LogP contribution in [0, 0.1) is 5.92 Å². The van der Waals surface area contributed by atoms with Crippen LogP contribution in [0.15, 0.2) is 90.1 Å². The highest BCUT2D eigenvalue weighted by Crippen LogP contribution is 2.41. The maximum atomic E-state index is 12.1. The van der Waals surface area contributed by atoms with Gasteiger partial charge in [0.1, 0.15) is 5.60 Å². The average Bonchev–Trinajstić information content (AvgIpc) is 2.95. The summed E-state index contributed by atoms with van der Waals surface area (Å²) in [4.78, 5) is 2.54. The monoisotopic (exact) mass is 548 g/mol. The summed E-state index contributed by atoms with van der Waals surface area (Å²) in [6.07, 6.45) is 6.00. The molecular formula is C34H45ClN2O2. The van der Waals surface area contributed by atoms with Crippen LogP contribution < -0.4 is 0 Å². The zero-order valence-electron chi connectivity index (χ0n) is 23.7. The zero-order chi connectivity index (χ0) is 27.0. The number of likely N-dealkylation sites (tertiary alicyclic amines) is 1.